The number of amides is 3. The van der Waals surface area contributed by atoms with E-state index in [1.54, 1.807) is 7.05 Å². The van der Waals surface area contributed by atoms with E-state index in [0.29, 0.717) is 13.0 Å². The van der Waals surface area contributed by atoms with Gasteiger partial charge in [0.1, 0.15) is 0 Å². The topological polar surface area (TPSA) is 49.9 Å². The predicted octanol–water partition coefficient (Wildman–Crippen LogP) is 2.60. The molecule has 18 heavy (non-hydrogen) atoms. The quantitative estimate of drug-likeness (QED) is 0.573. The Balaban J connectivity index is 2.68. The smallest absolute Gasteiger partial charge is 0.316 e. The molecule has 0 aromatic carbocycles. The Kier molecular flexibility index (Phi) is 4.22. The fourth-order valence-corrected chi connectivity index (χ4v) is 2.58. The summed E-state index contributed by atoms with van der Waals surface area (Å²) in [6, 6.07) is -0.345. The lowest BCUT2D eigenvalue weighted by molar-refractivity contribution is -0.127. The monoisotopic (exact) mass is 272 g/mol. The molecule has 0 spiro atoms. The van der Waals surface area contributed by atoms with Crippen LogP contribution >= 0.6 is 0 Å². The Bertz CT molecular complexity index is 350. The third kappa shape index (κ3) is 3.11. The summed E-state index contributed by atoms with van der Waals surface area (Å²) in [6.45, 7) is 11.0. The molecule has 104 valence electrons. The van der Waals surface area contributed by atoms with Gasteiger partial charge in [0, 0.05) is 20.0 Å². The molecule has 1 aliphatic heterocycles. The second-order valence-electron chi connectivity index (χ2n) is 6.28. The van der Waals surface area contributed by atoms with Crippen molar-refractivity contribution in [3.8, 4) is 0 Å². The van der Waals surface area contributed by atoms with Crippen LogP contribution in [-0.2, 0) is 9.32 Å². The van der Waals surface area contributed by atoms with Crippen LogP contribution in [0.4, 0.5) is 4.79 Å². The van der Waals surface area contributed by atoms with Crippen LogP contribution in [0.3, 0.4) is 0 Å². The van der Waals surface area contributed by atoms with Crippen molar-refractivity contribution in [2.24, 2.45) is 0 Å². The summed E-state index contributed by atoms with van der Waals surface area (Å²) in [5, 5.41) is 1.26. The first-order chi connectivity index (χ1) is 8.06. The number of hydroxylamine groups is 2. The van der Waals surface area contributed by atoms with Crippen molar-refractivity contribution >= 4 is 20.3 Å². The molecule has 5 nitrogen and oxygen atoms in total. The van der Waals surface area contributed by atoms with Gasteiger partial charge >= 0.3 is 6.03 Å². The van der Waals surface area contributed by atoms with Gasteiger partial charge in [-0.1, -0.05) is 20.8 Å². The Morgan fingerprint density at radius 2 is 1.94 bits per heavy atom. The second kappa shape index (κ2) is 5.01. The van der Waals surface area contributed by atoms with Gasteiger partial charge in [0.25, 0.3) is 0 Å². The molecular weight excluding hydrogens is 248 g/mol. The van der Waals surface area contributed by atoms with Gasteiger partial charge in [0.2, 0.25) is 14.2 Å². The zero-order chi connectivity index (χ0) is 14.1. The van der Waals surface area contributed by atoms with Crippen LogP contribution in [0.2, 0.25) is 18.1 Å². The summed E-state index contributed by atoms with van der Waals surface area (Å²) >= 11 is 0. The van der Waals surface area contributed by atoms with Crippen LogP contribution in [0, 0.1) is 0 Å². The lowest BCUT2D eigenvalue weighted by Gasteiger charge is -2.38. The first kappa shape index (κ1) is 15.2. The average Bonchev–Trinajstić information content (AvgIpc) is 2.60. The Morgan fingerprint density at radius 3 is 2.33 bits per heavy atom. The number of nitrogens with zero attached hydrogens (tertiary/aromatic N) is 2. The SMILES string of the molecule is CN(O[Si](C)(C)C(C)(C)C)C(=O)N1CCCC1=O. The van der Waals surface area contributed by atoms with Crippen LogP contribution in [0.1, 0.15) is 33.6 Å². The molecule has 3 amide bonds. The number of carbonyl (C=O) groups is 2. The van der Waals surface area contributed by atoms with Gasteiger partial charge in [-0.15, -0.1) is 0 Å². The highest BCUT2D eigenvalue weighted by Gasteiger charge is 2.41. The van der Waals surface area contributed by atoms with E-state index in [2.05, 4.69) is 33.9 Å². The standard InChI is InChI=1S/C12H24N2O3Si/c1-12(2,3)18(5,6)17-13(4)11(16)14-9-7-8-10(14)15/h7-9H2,1-6H3. The summed E-state index contributed by atoms with van der Waals surface area (Å²) in [7, 11) is -0.445. The van der Waals surface area contributed by atoms with E-state index in [9.17, 15) is 9.59 Å². The molecule has 0 unspecified atom stereocenters. The van der Waals surface area contributed by atoms with E-state index in [1.165, 1.54) is 9.96 Å². The van der Waals surface area contributed by atoms with Crippen LogP contribution in [0.15, 0.2) is 0 Å². The summed E-state index contributed by atoms with van der Waals surface area (Å²) in [5.74, 6) is -0.106. The van der Waals surface area contributed by atoms with Gasteiger partial charge < -0.3 is 4.53 Å². The zero-order valence-electron chi connectivity index (χ0n) is 12.2. The Morgan fingerprint density at radius 1 is 1.39 bits per heavy atom. The van der Waals surface area contributed by atoms with E-state index in [4.69, 9.17) is 4.53 Å². The molecule has 1 aliphatic rings. The van der Waals surface area contributed by atoms with Crippen LogP contribution in [-0.4, -0.2) is 43.8 Å². The van der Waals surface area contributed by atoms with Crippen molar-refractivity contribution in [3.05, 3.63) is 0 Å². The predicted molar refractivity (Wildman–Crippen MR) is 72.4 cm³/mol. The molecular formula is C12H24N2O3Si. The molecule has 0 saturated carbocycles. The van der Waals surface area contributed by atoms with Crippen molar-refractivity contribution in [1.29, 1.82) is 0 Å². The lowest BCUT2D eigenvalue weighted by atomic mass is 10.2. The van der Waals surface area contributed by atoms with E-state index in [-0.39, 0.29) is 17.0 Å². The van der Waals surface area contributed by atoms with Gasteiger partial charge in [0.15, 0.2) is 0 Å². The molecule has 0 radical (unpaired) electrons. The summed E-state index contributed by atoms with van der Waals surface area (Å²) in [6.07, 6.45) is 1.21. The van der Waals surface area contributed by atoms with E-state index < -0.39 is 8.32 Å². The average molecular weight is 272 g/mol. The highest BCUT2D eigenvalue weighted by Crippen LogP contribution is 2.37. The first-order valence-corrected chi connectivity index (χ1v) is 9.24. The molecule has 0 N–H and O–H groups in total. The van der Waals surface area contributed by atoms with Crippen molar-refractivity contribution in [1.82, 2.24) is 9.96 Å². The maximum Gasteiger partial charge on any atom is 0.349 e. The highest BCUT2D eigenvalue weighted by atomic mass is 28.4. The molecule has 0 aromatic heterocycles. The van der Waals surface area contributed by atoms with E-state index >= 15 is 0 Å². The highest BCUT2D eigenvalue weighted by molar-refractivity contribution is 6.74. The number of hydrogen-bond acceptors (Lipinski definition) is 3. The number of likely N-dealkylation sites (tertiary alicyclic amines) is 1. The number of carbonyl (C=O) groups excluding carboxylic acids is 2. The second-order valence-corrected chi connectivity index (χ2v) is 11.0. The van der Waals surface area contributed by atoms with Crippen molar-refractivity contribution in [2.75, 3.05) is 13.6 Å². The number of urea groups is 1. The fourth-order valence-electron chi connectivity index (χ4n) is 1.54. The minimum absolute atomic E-state index is 0.0244. The van der Waals surface area contributed by atoms with E-state index in [1.807, 2.05) is 0 Å². The van der Waals surface area contributed by atoms with E-state index in [0.717, 1.165) is 6.42 Å². The largest absolute Gasteiger partial charge is 0.349 e. The molecule has 1 heterocycles. The van der Waals surface area contributed by atoms with Crippen LogP contribution < -0.4 is 0 Å². The van der Waals surface area contributed by atoms with Gasteiger partial charge in [-0.3, -0.25) is 9.69 Å². The van der Waals surface area contributed by atoms with Gasteiger partial charge in [-0.25, -0.2) is 9.86 Å². The molecule has 0 aliphatic carbocycles. The molecule has 6 heteroatoms. The molecule has 0 atom stereocenters. The van der Waals surface area contributed by atoms with Crippen molar-refractivity contribution in [2.45, 2.75) is 51.7 Å². The molecule has 1 rings (SSSR count). The summed E-state index contributed by atoms with van der Waals surface area (Å²) in [5.41, 5.74) is 0. The molecule has 0 bridgehead atoms. The van der Waals surface area contributed by atoms with Crippen molar-refractivity contribution < 1.29 is 14.1 Å². The number of rotatable bonds is 2. The molecule has 0 aromatic rings. The third-order valence-corrected chi connectivity index (χ3v) is 8.09. The normalized spacial score (nSPS) is 17.2. The maximum absolute atomic E-state index is 12.1. The number of hydrogen-bond donors (Lipinski definition) is 0. The summed E-state index contributed by atoms with van der Waals surface area (Å²) < 4.78 is 5.85. The minimum Gasteiger partial charge on any atom is -0.316 e. The molecule has 1 fully saturated rings. The minimum atomic E-state index is -2.04. The fraction of sp³-hybridized carbons (Fsp3) is 0.833. The first-order valence-electron chi connectivity index (χ1n) is 6.33. The molecule has 1 saturated heterocycles. The van der Waals surface area contributed by atoms with Crippen molar-refractivity contribution in [3.63, 3.8) is 0 Å². The lowest BCUT2D eigenvalue weighted by Crippen LogP contribution is -2.50. The maximum atomic E-state index is 12.1. The zero-order valence-corrected chi connectivity index (χ0v) is 13.2. The van der Waals surface area contributed by atoms with Crippen LogP contribution in [0.25, 0.3) is 0 Å². The Labute approximate surface area is 110 Å². The third-order valence-electron chi connectivity index (χ3n) is 3.75. The van der Waals surface area contributed by atoms with Crippen LogP contribution in [0.5, 0.6) is 0 Å². The number of imide groups is 1. The van der Waals surface area contributed by atoms with Gasteiger partial charge in [-0.05, 0) is 24.6 Å². The van der Waals surface area contributed by atoms with Gasteiger partial charge in [0.05, 0.1) is 0 Å². The summed E-state index contributed by atoms with van der Waals surface area (Å²) in [4.78, 5) is 24.9. The Hall–Kier alpha value is -0.883. The van der Waals surface area contributed by atoms with Gasteiger partial charge in [-0.2, -0.15) is 0 Å².